The zero-order chi connectivity index (χ0) is 13.4. The largest absolute Gasteiger partial charge is 0.384 e. The summed E-state index contributed by atoms with van der Waals surface area (Å²) in [6.45, 7) is 8.00. The highest BCUT2D eigenvalue weighted by molar-refractivity contribution is 5.80. The Morgan fingerprint density at radius 3 is 2.12 bits per heavy atom. The van der Waals surface area contributed by atoms with Gasteiger partial charge in [-0.15, -0.1) is 0 Å². The first-order chi connectivity index (χ1) is 8.18. The number of hydrogen-bond donors (Lipinski definition) is 1. The van der Waals surface area contributed by atoms with Crippen molar-refractivity contribution in [3.8, 4) is 0 Å². The number of nitrogens with two attached hydrogens (primary N) is 1. The lowest BCUT2D eigenvalue weighted by molar-refractivity contribution is 0.517. The predicted molar refractivity (Wildman–Crippen MR) is 68.8 cm³/mol. The zero-order valence-corrected chi connectivity index (χ0v) is 10.6. The molecule has 1 heterocycles. The molecule has 0 aliphatic heterocycles. The van der Waals surface area contributed by atoms with E-state index in [0.29, 0.717) is 11.3 Å². The number of pyridine rings is 1. The van der Waals surface area contributed by atoms with Gasteiger partial charge in [-0.3, -0.25) is 0 Å². The smallest absolute Gasteiger partial charge is 0.168 e. The first-order valence-corrected chi connectivity index (χ1v) is 5.69. The van der Waals surface area contributed by atoms with Crippen LogP contribution in [-0.4, -0.2) is 4.98 Å². The van der Waals surface area contributed by atoms with E-state index in [0.717, 1.165) is 6.07 Å². The fourth-order valence-electron chi connectivity index (χ4n) is 1.16. The van der Waals surface area contributed by atoms with E-state index >= 15 is 0 Å². The van der Waals surface area contributed by atoms with Gasteiger partial charge < -0.3 is 5.73 Å². The third-order valence-corrected chi connectivity index (χ3v) is 1.78. The van der Waals surface area contributed by atoms with Crippen LogP contribution in [0.2, 0.25) is 0 Å². The summed E-state index contributed by atoms with van der Waals surface area (Å²) in [6, 6.07) is 5.27. The number of rotatable bonds is 0. The minimum absolute atomic E-state index is 0.147. The number of halogens is 2. The summed E-state index contributed by atoms with van der Waals surface area (Å²) in [5.41, 5.74) is 5.74. The summed E-state index contributed by atoms with van der Waals surface area (Å²) in [7, 11) is 0. The van der Waals surface area contributed by atoms with Crippen LogP contribution >= 0.6 is 0 Å². The van der Waals surface area contributed by atoms with Crippen molar-refractivity contribution < 1.29 is 8.78 Å². The lowest BCUT2D eigenvalue weighted by Gasteiger charge is -2.00. The second-order valence-electron chi connectivity index (χ2n) is 2.66. The molecular formula is C13H18F2N2. The van der Waals surface area contributed by atoms with Crippen molar-refractivity contribution in [1.82, 2.24) is 4.98 Å². The van der Waals surface area contributed by atoms with Crippen LogP contribution < -0.4 is 5.73 Å². The lowest BCUT2D eigenvalue weighted by Crippen LogP contribution is -1.92. The maximum atomic E-state index is 13.1. The minimum Gasteiger partial charge on any atom is -0.384 e. The fraction of sp³-hybridized carbons (Fsp3) is 0.308. The molecular weight excluding hydrogens is 222 g/mol. The average molecular weight is 240 g/mol. The summed E-state index contributed by atoms with van der Waals surface area (Å²) in [6.07, 6.45) is 0. The monoisotopic (exact) mass is 240 g/mol. The highest BCUT2D eigenvalue weighted by Gasteiger charge is 2.06. The van der Waals surface area contributed by atoms with Gasteiger partial charge in [-0.2, -0.15) is 0 Å². The SMILES string of the molecule is CC.CC.Nc1ccc2c(F)c(F)ccc2n1. The number of nitrogens with zero attached hydrogens (tertiary/aromatic N) is 1. The van der Waals surface area contributed by atoms with Crippen LogP contribution in [0.4, 0.5) is 14.6 Å². The Kier molecular flexibility index (Phi) is 6.79. The van der Waals surface area contributed by atoms with Crippen LogP contribution in [0.5, 0.6) is 0 Å². The van der Waals surface area contributed by atoms with Crippen molar-refractivity contribution in [2.45, 2.75) is 27.7 Å². The van der Waals surface area contributed by atoms with E-state index in [4.69, 9.17) is 5.73 Å². The molecule has 0 bridgehead atoms. The molecule has 0 saturated carbocycles. The second-order valence-corrected chi connectivity index (χ2v) is 2.66. The molecule has 0 radical (unpaired) electrons. The molecule has 0 saturated heterocycles. The fourth-order valence-corrected chi connectivity index (χ4v) is 1.16. The Morgan fingerprint density at radius 2 is 1.53 bits per heavy atom. The molecule has 2 nitrogen and oxygen atoms in total. The summed E-state index contributed by atoms with van der Waals surface area (Å²) in [5, 5.41) is 0.147. The van der Waals surface area contributed by atoms with Gasteiger partial charge in [-0.25, -0.2) is 13.8 Å². The van der Waals surface area contributed by atoms with Gasteiger partial charge >= 0.3 is 0 Å². The van der Waals surface area contributed by atoms with Crippen LogP contribution in [-0.2, 0) is 0 Å². The van der Waals surface area contributed by atoms with Crippen LogP contribution in [0.3, 0.4) is 0 Å². The van der Waals surface area contributed by atoms with Gasteiger partial charge in [0, 0.05) is 5.39 Å². The number of benzene rings is 1. The van der Waals surface area contributed by atoms with Gasteiger partial charge in [0.05, 0.1) is 5.52 Å². The maximum absolute atomic E-state index is 13.1. The van der Waals surface area contributed by atoms with E-state index in [-0.39, 0.29) is 5.39 Å². The van der Waals surface area contributed by atoms with E-state index in [2.05, 4.69) is 4.98 Å². The van der Waals surface area contributed by atoms with Crippen LogP contribution in [0.1, 0.15) is 27.7 Å². The van der Waals surface area contributed by atoms with Crippen LogP contribution in [0.15, 0.2) is 24.3 Å². The van der Waals surface area contributed by atoms with Gasteiger partial charge in [-0.05, 0) is 24.3 Å². The number of hydrogen-bond acceptors (Lipinski definition) is 2. The molecule has 1 aromatic carbocycles. The van der Waals surface area contributed by atoms with Crippen molar-refractivity contribution >= 4 is 16.7 Å². The first kappa shape index (κ1) is 15.3. The summed E-state index contributed by atoms with van der Waals surface area (Å²) in [5.74, 6) is -1.47. The first-order valence-electron chi connectivity index (χ1n) is 5.69. The van der Waals surface area contributed by atoms with E-state index in [1.54, 1.807) is 0 Å². The third kappa shape index (κ3) is 3.66. The average Bonchev–Trinajstić information content (AvgIpc) is 2.39. The van der Waals surface area contributed by atoms with Gasteiger partial charge in [-0.1, -0.05) is 27.7 Å². The van der Waals surface area contributed by atoms with E-state index in [9.17, 15) is 8.78 Å². The highest BCUT2D eigenvalue weighted by atomic mass is 19.2. The number of anilines is 1. The van der Waals surface area contributed by atoms with Crippen molar-refractivity contribution in [3.63, 3.8) is 0 Å². The molecule has 2 rings (SSSR count). The number of aromatic nitrogens is 1. The minimum atomic E-state index is -0.884. The molecule has 2 aromatic rings. The standard InChI is InChI=1S/C9H6F2N2.2C2H6/c10-6-2-3-7-5(9(6)11)1-4-8(12)13-7;2*1-2/h1-4H,(H2,12,13);2*1-2H3. The van der Waals surface area contributed by atoms with E-state index < -0.39 is 11.6 Å². The highest BCUT2D eigenvalue weighted by Crippen LogP contribution is 2.19. The topological polar surface area (TPSA) is 38.9 Å². The summed E-state index contributed by atoms with van der Waals surface area (Å²) in [4.78, 5) is 3.85. The Labute approximate surface area is 100 Å². The zero-order valence-electron chi connectivity index (χ0n) is 10.6. The lowest BCUT2D eigenvalue weighted by atomic mass is 10.2. The van der Waals surface area contributed by atoms with Gasteiger partial charge in [0.25, 0.3) is 0 Å². The Bertz CT molecular complexity index is 470. The second kappa shape index (κ2) is 7.54. The van der Waals surface area contributed by atoms with Crippen LogP contribution in [0.25, 0.3) is 10.9 Å². The number of nitrogen functional groups attached to an aromatic ring is 1. The van der Waals surface area contributed by atoms with E-state index in [1.807, 2.05) is 27.7 Å². The summed E-state index contributed by atoms with van der Waals surface area (Å²) >= 11 is 0. The van der Waals surface area contributed by atoms with Gasteiger partial charge in [0.15, 0.2) is 11.6 Å². The molecule has 0 fully saturated rings. The quantitative estimate of drug-likeness (QED) is 0.751. The third-order valence-electron chi connectivity index (χ3n) is 1.78. The molecule has 0 aliphatic rings. The number of fused-ring (bicyclic) bond motifs is 1. The van der Waals surface area contributed by atoms with Crippen molar-refractivity contribution in [2.24, 2.45) is 0 Å². The molecule has 94 valence electrons. The molecule has 0 aliphatic carbocycles. The van der Waals surface area contributed by atoms with Gasteiger partial charge in [0.1, 0.15) is 5.82 Å². The Balaban J connectivity index is 0.000000581. The molecule has 0 amide bonds. The van der Waals surface area contributed by atoms with Crippen LogP contribution in [0, 0.1) is 11.6 Å². The Hall–Kier alpha value is -1.71. The Morgan fingerprint density at radius 1 is 0.941 bits per heavy atom. The summed E-state index contributed by atoms with van der Waals surface area (Å²) < 4.78 is 25.8. The molecule has 0 unspecified atom stereocenters. The predicted octanol–water partition coefficient (Wildman–Crippen LogP) is 4.15. The van der Waals surface area contributed by atoms with Crippen molar-refractivity contribution in [2.75, 3.05) is 5.73 Å². The molecule has 0 spiro atoms. The normalized spacial score (nSPS) is 8.82. The van der Waals surface area contributed by atoms with Gasteiger partial charge in [0.2, 0.25) is 0 Å². The van der Waals surface area contributed by atoms with Crippen molar-refractivity contribution in [1.29, 1.82) is 0 Å². The molecule has 2 N–H and O–H groups in total. The van der Waals surface area contributed by atoms with E-state index in [1.165, 1.54) is 18.2 Å². The molecule has 4 heteroatoms. The molecule has 1 aromatic heterocycles. The van der Waals surface area contributed by atoms with Crippen molar-refractivity contribution in [3.05, 3.63) is 35.9 Å². The maximum Gasteiger partial charge on any atom is 0.168 e. The molecule has 0 atom stereocenters. The molecule has 17 heavy (non-hydrogen) atoms.